The minimum absolute atomic E-state index is 0.261. The van der Waals surface area contributed by atoms with Crippen molar-refractivity contribution in [2.45, 2.75) is 31.1 Å². The van der Waals surface area contributed by atoms with Gasteiger partial charge in [0.1, 0.15) is 5.82 Å². The molecule has 0 radical (unpaired) electrons. The van der Waals surface area contributed by atoms with Crippen molar-refractivity contribution in [1.82, 2.24) is 14.7 Å². The summed E-state index contributed by atoms with van der Waals surface area (Å²) in [5, 5.41) is 0. The summed E-state index contributed by atoms with van der Waals surface area (Å²) in [6.45, 7) is 2.55. The largest absolute Gasteiger partial charge is 0.338 e. The minimum Gasteiger partial charge on any atom is -0.338 e. The Balaban J connectivity index is 1.85. The molecule has 1 heterocycles. The first-order valence-corrected chi connectivity index (χ1v) is 9.63. The number of hydrogen-bond donors (Lipinski definition) is 2. The maximum absolute atomic E-state index is 12.4. The SMILES string of the molecule is CCCCCNS(=O)(=O)c1cccc(-c2nc3ccccc3[nH]2)c1. The third-order valence-electron chi connectivity index (χ3n) is 3.88. The number of para-hydroxylation sites is 2. The van der Waals surface area contributed by atoms with E-state index in [4.69, 9.17) is 0 Å². The molecule has 6 heteroatoms. The van der Waals surface area contributed by atoms with Gasteiger partial charge in [-0.15, -0.1) is 0 Å². The van der Waals surface area contributed by atoms with Crippen molar-refractivity contribution >= 4 is 21.1 Å². The zero-order valence-corrected chi connectivity index (χ0v) is 14.4. The fraction of sp³-hybridized carbons (Fsp3) is 0.278. The standard InChI is InChI=1S/C18H21N3O2S/c1-2-3-6-12-19-24(22,23)15-9-7-8-14(13-15)18-20-16-10-4-5-11-17(16)21-18/h4-5,7-11,13,19H,2-3,6,12H2,1H3,(H,20,21). The molecule has 0 saturated heterocycles. The van der Waals surface area contributed by atoms with Crippen molar-refractivity contribution < 1.29 is 8.42 Å². The van der Waals surface area contributed by atoms with Gasteiger partial charge in [0.05, 0.1) is 15.9 Å². The van der Waals surface area contributed by atoms with Crippen LogP contribution in [0.3, 0.4) is 0 Å². The van der Waals surface area contributed by atoms with Gasteiger partial charge in [-0.2, -0.15) is 0 Å². The summed E-state index contributed by atoms with van der Waals surface area (Å²) < 4.78 is 27.5. The summed E-state index contributed by atoms with van der Waals surface area (Å²) in [6, 6.07) is 14.6. The zero-order valence-electron chi connectivity index (χ0n) is 13.6. The topological polar surface area (TPSA) is 74.8 Å². The normalized spacial score (nSPS) is 11.9. The van der Waals surface area contributed by atoms with Crippen molar-refractivity contribution in [3.8, 4) is 11.4 Å². The monoisotopic (exact) mass is 343 g/mol. The van der Waals surface area contributed by atoms with Gasteiger partial charge in [0.25, 0.3) is 0 Å². The molecule has 0 amide bonds. The second-order valence-electron chi connectivity index (χ2n) is 5.74. The van der Waals surface area contributed by atoms with Crippen LogP contribution >= 0.6 is 0 Å². The van der Waals surface area contributed by atoms with Crippen molar-refractivity contribution in [3.05, 3.63) is 48.5 Å². The quantitative estimate of drug-likeness (QED) is 0.642. The average molecular weight is 343 g/mol. The highest BCUT2D eigenvalue weighted by Gasteiger charge is 2.15. The van der Waals surface area contributed by atoms with Crippen LogP contribution in [0.15, 0.2) is 53.4 Å². The third-order valence-corrected chi connectivity index (χ3v) is 5.34. The van der Waals surface area contributed by atoms with Crippen LogP contribution in [0.4, 0.5) is 0 Å². The number of imidazole rings is 1. The zero-order chi connectivity index (χ0) is 17.0. The van der Waals surface area contributed by atoms with Gasteiger partial charge in [-0.1, -0.05) is 44.0 Å². The van der Waals surface area contributed by atoms with Crippen LogP contribution < -0.4 is 4.72 Å². The number of rotatable bonds is 7. The molecule has 0 fully saturated rings. The van der Waals surface area contributed by atoms with E-state index in [0.29, 0.717) is 12.4 Å². The predicted molar refractivity (Wildman–Crippen MR) is 96.2 cm³/mol. The van der Waals surface area contributed by atoms with Crippen molar-refractivity contribution in [1.29, 1.82) is 0 Å². The number of benzene rings is 2. The van der Waals surface area contributed by atoms with Gasteiger partial charge in [0.2, 0.25) is 10.0 Å². The molecule has 0 aliphatic carbocycles. The lowest BCUT2D eigenvalue weighted by atomic mass is 10.2. The van der Waals surface area contributed by atoms with Gasteiger partial charge in [-0.05, 0) is 30.7 Å². The van der Waals surface area contributed by atoms with E-state index in [1.54, 1.807) is 18.2 Å². The van der Waals surface area contributed by atoms with Crippen molar-refractivity contribution in [3.63, 3.8) is 0 Å². The summed E-state index contributed by atoms with van der Waals surface area (Å²) in [6.07, 6.45) is 2.92. The molecule has 1 aromatic heterocycles. The molecule has 126 valence electrons. The smallest absolute Gasteiger partial charge is 0.240 e. The molecule has 0 spiro atoms. The molecule has 3 aromatic rings. The molecule has 2 N–H and O–H groups in total. The Morgan fingerprint density at radius 3 is 2.71 bits per heavy atom. The fourth-order valence-electron chi connectivity index (χ4n) is 2.56. The van der Waals surface area contributed by atoms with E-state index in [1.807, 2.05) is 30.3 Å². The highest BCUT2D eigenvalue weighted by molar-refractivity contribution is 7.89. The van der Waals surface area contributed by atoms with E-state index >= 15 is 0 Å². The van der Waals surface area contributed by atoms with Crippen LogP contribution in [0.5, 0.6) is 0 Å². The number of sulfonamides is 1. The highest BCUT2D eigenvalue weighted by Crippen LogP contribution is 2.22. The number of aromatic amines is 1. The molecule has 0 aliphatic heterocycles. The van der Waals surface area contributed by atoms with Gasteiger partial charge in [-0.3, -0.25) is 0 Å². The average Bonchev–Trinajstić information content (AvgIpc) is 3.03. The van der Waals surface area contributed by atoms with Crippen LogP contribution in [0.25, 0.3) is 22.4 Å². The summed E-state index contributed by atoms with van der Waals surface area (Å²) >= 11 is 0. The first-order valence-electron chi connectivity index (χ1n) is 8.15. The summed E-state index contributed by atoms with van der Waals surface area (Å²) in [5.74, 6) is 0.666. The Hall–Kier alpha value is -2.18. The molecule has 0 atom stereocenters. The van der Waals surface area contributed by atoms with Crippen molar-refractivity contribution in [2.24, 2.45) is 0 Å². The highest BCUT2D eigenvalue weighted by atomic mass is 32.2. The summed E-state index contributed by atoms with van der Waals surface area (Å²) in [5.41, 5.74) is 2.54. The first-order chi connectivity index (χ1) is 11.6. The molecule has 2 aromatic carbocycles. The van der Waals surface area contributed by atoms with E-state index < -0.39 is 10.0 Å². The van der Waals surface area contributed by atoms with E-state index in [9.17, 15) is 8.42 Å². The number of H-pyrrole nitrogens is 1. The molecule has 0 bridgehead atoms. The molecule has 24 heavy (non-hydrogen) atoms. The second kappa shape index (κ2) is 7.15. The number of nitrogens with one attached hydrogen (secondary N) is 2. The minimum atomic E-state index is -3.49. The van der Waals surface area contributed by atoms with Gasteiger partial charge < -0.3 is 4.98 Å². The molecular formula is C18H21N3O2S. The van der Waals surface area contributed by atoms with Gasteiger partial charge in [0, 0.05) is 12.1 Å². The van der Waals surface area contributed by atoms with Crippen LogP contribution in [-0.2, 0) is 10.0 Å². The summed E-state index contributed by atoms with van der Waals surface area (Å²) in [7, 11) is -3.49. The molecular weight excluding hydrogens is 322 g/mol. The molecule has 3 rings (SSSR count). The van der Waals surface area contributed by atoms with Gasteiger partial charge in [0.15, 0.2) is 0 Å². The summed E-state index contributed by atoms with van der Waals surface area (Å²) in [4.78, 5) is 8.01. The van der Waals surface area contributed by atoms with Crippen LogP contribution in [-0.4, -0.2) is 24.9 Å². The molecule has 5 nitrogen and oxygen atoms in total. The second-order valence-corrected chi connectivity index (χ2v) is 7.50. The van der Waals surface area contributed by atoms with E-state index in [0.717, 1.165) is 35.9 Å². The van der Waals surface area contributed by atoms with Crippen molar-refractivity contribution in [2.75, 3.05) is 6.54 Å². The molecule has 0 saturated carbocycles. The number of aromatic nitrogens is 2. The Bertz CT molecular complexity index is 899. The Labute approximate surface area is 142 Å². The molecule has 0 unspecified atom stereocenters. The van der Waals surface area contributed by atoms with Crippen LogP contribution in [0.2, 0.25) is 0 Å². The number of nitrogens with zero attached hydrogens (tertiary/aromatic N) is 1. The van der Waals surface area contributed by atoms with Gasteiger partial charge >= 0.3 is 0 Å². The van der Waals surface area contributed by atoms with Crippen LogP contribution in [0.1, 0.15) is 26.2 Å². The number of hydrogen-bond acceptors (Lipinski definition) is 3. The van der Waals surface area contributed by atoms with Crippen LogP contribution in [0, 0.1) is 0 Å². The maximum atomic E-state index is 12.4. The lowest BCUT2D eigenvalue weighted by molar-refractivity contribution is 0.576. The Morgan fingerprint density at radius 2 is 1.92 bits per heavy atom. The number of fused-ring (bicyclic) bond motifs is 1. The predicted octanol–water partition coefficient (Wildman–Crippen LogP) is 3.70. The molecule has 0 aliphatic rings. The third kappa shape index (κ3) is 3.66. The maximum Gasteiger partial charge on any atom is 0.240 e. The Morgan fingerprint density at radius 1 is 1.08 bits per heavy atom. The van der Waals surface area contributed by atoms with Gasteiger partial charge in [-0.25, -0.2) is 18.1 Å². The lowest BCUT2D eigenvalue weighted by Gasteiger charge is -2.07. The van der Waals surface area contributed by atoms with E-state index in [1.165, 1.54) is 0 Å². The lowest BCUT2D eigenvalue weighted by Crippen LogP contribution is -2.24. The number of unbranched alkanes of at least 4 members (excludes halogenated alkanes) is 2. The Kier molecular flexibility index (Phi) is 4.97. The van der Waals surface area contributed by atoms with E-state index in [2.05, 4.69) is 21.6 Å². The van der Waals surface area contributed by atoms with E-state index in [-0.39, 0.29) is 4.90 Å². The first kappa shape index (κ1) is 16.7. The fourth-order valence-corrected chi connectivity index (χ4v) is 3.68.